The minimum atomic E-state index is -4.78. The van der Waals surface area contributed by atoms with Crippen molar-refractivity contribution in [2.75, 3.05) is 23.9 Å². The van der Waals surface area contributed by atoms with Crippen LogP contribution in [0, 0.1) is 5.92 Å². The fourth-order valence-electron chi connectivity index (χ4n) is 3.56. The molecule has 1 atom stereocenters. The van der Waals surface area contributed by atoms with Gasteiger partial charge in [-0.05, 0) is 49.1 Å². The Balaban J connectivity index is 2.04. The monoisotopic (exact) mass is 474 g/mol. The van der Waals surface area contributed by atoms with Crippen molar-refractivity contribution in [3.05, 3.63) is 59.1 Å². The average Bonchev–Trinajstić information content (AvgIpc) is 2.72. The lowest BCUT2D eigenvalue weighted by Crippen LogP contribution is -2.46. The maximum Gasteiger partial charge on any atom is 0.417 e. The highest BCUT2D eigenvalue weighted by Gasteiger charge is 2.36. The van der Waals surface area contributed by atoms with Gasteiger partial charge in [0, 0.05) is 13.1 Å². The van der Waals surface area contributed by atoms with Gasteiger partial charge in [-0.3, -0.25) is 9.10 Å². The number of hydrogen-bond donors (Lipinski definition) is 0. The van der Waals surface area contributed by atoms with Crippen LogP contribution in [0.3, 0.4) is 0 Å². The molecule has 0 aromatic heterocycles. The Labute approximate surface area is 184 Å². The van der Waals surface area contributed by atoms with E-state index in [-0.39, 0.29) is 16.5 Å². The van der Waals surface area contributed by atoms with E-state index in [1.54, 1.807) is 11.0 Å². The molecule has 3 rings (SSSR count). The second-order valence-corrected chi connectivity index (χ2v) is 9.84. The predicted molar refractivity (Wildman–Crippen MR) is 112 cm³/mol. The Bertz CT molecular complexity index is 1050. The van der Waals surface area contributed by atoms with Crippen LogP contribution in [0.25, 0.3) is 0 Å². The van der Waals surface area contributed by atoms with Crippen molar-refractivity contribution in [3.8, 4) is 0 Å². The first-order valence-electron chi connectivity index (χ1n) is 9.72. The summed E-state index contributed by atoms with van der Waals surface area (Å²) in [6.07, 6.45) is -3.03. The molecule has 0 aliphatic carbocycles. The van der Waals surface area contributed by atoms with Crippen molar-refractivity contribution in [3.63, 3.8) is 0 Å². The van der Waals surface area contributed by atoms with Crippen molar-refractivity contribution in [1.82, 2.24) is 4.90 Å². The van der Waals surface area contributed by atoms with Gasteiger partial charge in [0.25, 0.3) is 10.0 Å². The third-order valence-corrected chi connectivity index (χ3v) is 7.28. The first kappa shape index (κ1) is 23.4. The van der Waals surface area contributed by atoms with Crippen molar-refractivity contribution < 1.29 is 26.4 Å². The zero-order valence-corrected chi connectivity index (χ0v) is 18.3. The molecule has 1 amide bonds. The first-order valence-corrected chi connectivity index (χ1v) is 11.5. The summed E-state index contributed by atoms with van der Waals surface area (Å²) in [5, 5.41) is -0.551. The normalized spacial score (nSPS) is 17.5. The lowest BCUT2D eigenvalue weighted by molar-refractivity contribution is -0.137. The number of sulfonamides is 1. The number of carbonyl (C=O) groups excluding carboxylic acids is 1. The van der Waals surface area contributed by atoms with Gasteiger partial charge in [0.05, 0.1) is 21.2 Å². The van der Waals surface area contributed by atoms with E-state index in [4.69, 9.17) is 11.6 Å². The van der Waals surface area contributed by atoms with Gasteiger partial charge in [-0.25, -0.2) is 8.42 Å². The van der Waals surface area contributed by atoms with Gasteiger partial charge >= 0.3 is 6.18 Å². The summed E-state index contributed by atoms with van der Waals surface area (Å²) < 4.78 is 67.5. The maximum atomic E-state index is 13.4. The van der Waals surface area contributed by atoms with E-state index in [0.29, 0.717) is 19.2 Å². The molecule has 0 N–H and O–H groups in total. The lowest BCUT2D eigenvalue weighted by atomic mass is 10.0. The second kappa shape index (κ2) is 9.08. The number of benzene rings is 2. The van der Waals surface area contributed by atoms with Gasteiger partial charge in [-0.1, -0.05) is 36.7 Å². The first-order chi connectivity index (χ1) is 14.5. The summed E-state index contributed by atoms with van der Waals surface area (Å²) in [5.74, 6) is -0.196. The Morgan fingerprint density at radius 3 is 2.48 bits per heavy atom. The number of likely N-dealkylation sites (tertiary alicyclic amines) is 1. The van der Waals surface area contributed by atoms with E-state index in [2.05, 4.69) is 0 Å². The van der Waals surface area contributed by atoms with Crippen molar-refractivity contribution >= 4 is 33.2 Å². The molecule has 1 aliphatic rings. The van der Waals surface area contributed by atoms with Crippen LogP contribution in [0.2, 0.25) is 5.02 Å². The number of nitrogens with zero attached hydrogens (tertiary/aromatic N) is 2. The van der Waals surface area contributed by atoms with Crippen LogP contribution < -0.4 is 4.31 Å². The van der Waals surface area contributed by atoms with Gasteiger partial charge in [0.2, 0.25) is 5.91 Å². The molecule has 2 aromatic rings. The third kappa shape index (κ3) is 5.33. The van der Waals surface area contributed by atoms with E-state index in [9.17, 15) is 26.4 Å². The Morgan fingerprint density at radius 2 is 1.87 bits per heavy atom. The van der Waals surface area contributed by atoms with Gasteiger partial charge in [-0.2, -0.15) is 13.2 Å². The van der Waals surface area contributed by atoms with Crippen LogP contribution in [0.5, 0.6) is 0 Å². The van der Waals surface area contributed by atoms with Crippen molar-refractivity contribution in [2.45, 2.75) is 30.8 Å². The minimum absolute atomic E-state index is 0.127. The molecule has 0 saturated carbocycles. The zero-order valence-electron chi connectivity index (χ0n) is 16.8. The van der Waals surface area contributed by atoms with Crippen LogP contribution in [0.1, 0.15) is 25.3 Å². The standard InChI is InChI=1S/C21H22ClF3N2O3S/c1-15-6-5-11-26(13-15)20(28)14-27(31(29,30)17-7-3-2-4-8-17)16-9-10-19(22)18(12-16)21(23,24)25/h2-4,7-10,12,15H,5-6,11,13-14H2,1H3/t15-/m1/s1. The molecule has 5 nitrogen and oxygen atoms in total. The number of amides is 1. The molecule has 10 heteroatoms. The highest BCUT2D eigenvalue weighted by Crippen LogP contribution is 2.38. The predicted octanol–water partition coefficient (Wildman–Crippen LogP) is 4.81. The highest BCUT2D eigenvalue weighted by molar-refractivity contribution is 7.92. The number of halogens is 4. The Kier molecular flexibility index (Phi) is 6.85. The average molecular weight is 475 g/mol. The van der Waals surface area contributed by atoms with E-state index in [1.165, 1.54) is 30.3 Å². The van der Waals surface area contributed by atoms with Gasteiger partial charge in [-0.15, -0.1) is 0 Å². The summed E-state index contributed by atoms with van der Waals surface area (Å²) in [7, 11) is -4.30. The molecule has 1 aliphatic heterocycles. The SMILES string of the molecule is C[C@@H]1CCCN(C(=O)CN(c2ccc(Cl)c(C(F)(F)F)c2)S(=O)(=O)c2ccccc2)C1. The molecular formula is C21H22ClF3N2O3S. The zero-order chi connectivity index (χ0) is 22.8. The van der Waals surface area contributed by atoms with Crippen LogP contribution in [0.15, 0.2) is 53.4 Å². The summed E-state index contributed by atoms with van der Waals surface area (Å²) in [6, 6.07) is 10.1. The number of piperidine rings is 1. The van der Waals surface area contributed by atoms with Crippen molar-refractivity contribution in [2.24, 2.45) is 5.92 Å². The molecule has 0 radical (unpaired) electrons. The summed E-state index contributed by atoms with van der Waals surface area (Å²) in [6.45, 7) is 2.35. The molecule has 2 aromatic carbocycles. The number of alkyl halides is 3. The fourth-order valence-corrected chi connectivity index (χ4v) is 5.21. The van der Waals surface area contributed by atoms with Crippen LogP contribution in [-0.2, 0) is 21.0 Å². The largest absolute Gasteiger partial charge is 0.417 e. The third-order valence-electron chi connectivity index (χ3n) is 5.16. The quantitative estimate of drug-likeness (QED) is 0.624. The summed E-state index contributed by atoms with van der Waals surface area (Å²) in [4.78, 5) is 14.4. The van der Waals surface area contributed by atoms with E-state index in [1.807, 2.05) is 6.92 Å². The number of hydrogen-bond acceptors (Lipinski definition) is 3. The van der Waals surface area contributed by atoms with Gasteiger partial charge in [0.15, 0.2) is 0 Å². The topological polar surface area (TPSA) is 57.7 Å². The fraction of sp³-hybridized carbons (Fsp3) is 0.381. The van der Waals surface area contributed by atoms with E-state index in [0.717, 1.165) is 23.2 Å². The molecular weight excluding hydrogens is 453 g/mol. The van der Waals surface area contributed by atoms with Gasteiger partial charge < -0.3 is 4.90 Å². The molecule has 31 heavy (non-hydrogen) atoms. The lowest BCUT2D eigenvalue weighted by Gasteiger charge is -2.33. The van der Waals surface area contributed by atoms with Crippen molar-refractivity contribution in [1.29, 1.82) is 0 Å². The minimum Gasteiger partial charge on any atom is -0.341 e. The molecule has 1 saturated heterocycles. The second-order valence-electron chi connectivity index (χ2n) is 7.57. The van der Waals surface area contributed by atoms with E-state index < -0.39 is 39.2 Å². The molecule has 0 bridgehead atoms. The number of carbonyl (C=O) groups is 1. The van der Waals surface area contributed by atoms with Crippen LogP contribution in [-0.4, -0.2) is 38.9 Å². The summed E-state index contributed by atoms with van der Waals surface area (Å²) >= 11 is 5.70. The Hall–Kier alpha value is -2.26. The highest BCUT2D eigenvalue weighted by atomic mass is 35.5. The maximum absolute atomic E-state index is 13.4. The molecule has 1 heterocycles. The molecule has 0 unspecified atom stereocenters. The number of rotatable bonds is 5. The van der Waals surface area contributed by atoms with E-state index >= 15 is 0 Å². The van der Waals surface area contributed by atoms with Crippen LogP contribution in [0.4, 0.5) is 18.9 Å². The molecule has 1 fully saturated rings. The molecule has 168 valence electrons. The summed E-state index contributed by atoms with van der Waals surface area (Å²) in [5.41, 5.74) is -1.45. The van der Waals surface area contributed by atoms with Gasteiger partial charge in [0.1, 0.15) is 6.54 Å². The van der Waals surface area contributed by atoms with Crippen LogP contribution >= 0.6 is 11.6 Å². The Morgan fingerprint density at radius 1 is 1.19 bits per heavy atom. The molecule has 0 spiro atoms. The number of anilines is 1. The smallest absolute Gasteiger partial charge is 0.341 e.